The molecule has 1 unspecified atom stereocenters. The minimum Gasteiger partial charge on any atom is -0.371 e. The third-order valence-corrected chi connectivity index (χ3v) is 13.0. The van der Waals surface area contributed by atoms with Gasteiger partial charge in [-0.2, -0.15) is 5.10 Å². The number of alkyl halides is 3. The number of benzene rings is 3. The molecule has 13 heteroatoms. The van der Waals surface area contributed by atoms with E-state index in [1.165, 1.54) is 6.20 Å². The second kappa shape index (κ2) is 14.0. The van der Waals surface area contributed by atoms with Crippen LogP contribution in [0, 0.1) is 6.92 Å². The van der Waals surface area contributed by atoms with Crippen LogP contribution in [0.5, 0.6) is 0 Å². The highest BCUT2D eigenvalue weighted by atomic mass is 28.4. The van der Waals surface area contributed by atoms with Gasteiger partial charge in [0.25, 0.3) is 20.6 Å². The molecule has 5 aromatic rings. The number of halogens is 3. The Morgan fingerprint density at radius 1 is 0.917 bits per heavy atom. The maximum Gasteiger partial charge on any atom is 0.333 e. The van der Waals surface area contributed by atoms with Gasteiger partial charge >= 0.3 is 6.03 Å². The summed E-state index contributed by atoms with van der Waals surface area (Å²) in [5.74, 6) is -3.36. The average Bonchev–Trinajstić information content (AvgIpc) is 3.51. The standard InChI is InChI=1S/C35H38F3N7O2Si/c1-24-16-18-25(19-17-24)29-21-39-31(30(42-29)26-20-41-45(5)22-26)43-44-33(46)40-23-35(38,32(36)37)47-48(34(2,3)4,27-12-8-6-9-13-27)28-14-10-7-11-15-28/h6-22,32H,23H2,1-5H3,(H,39,43)(H2,40,44,46). The zero-order valence-electron chi connectivity index (χ0n) is 27.3. The van der Waals surface area contributed by atoms with Gasteiger partial charge in [-0.15, -0.1) is 0 Å². The number of hydrazine groups is 1. The van der Waals surface area contributed by atoms with E-state index in [1.807, 2.05) is 52.0 Å². The van der Waals surface area contributed by atoms with Gasteiger partial charge in [0.15, 0.2) is 5.82 Å². The van der Waals surface area contributed by atoms with Gasteiger partial charge in [-0.25, -0.2) is 27.9 Å². The summed E-state index contributed by atoms with van der Waals surface area (Å²) in [6.45, 7) is 6.40. The highest BCUT2D eigenvalue weighted by molar-refractivity contribution is 6.99. The van der Waals surface area contributed by atoms with Crippen molar-refractivity contribution in [1.29, 1.82) is 0 Å². The lowest BCUT2D eigenvalue weighted by atomic mass is 10.1. The molecule has 2 amide bonds. The van der Waals surface area contributed by atoms with Crippen molar-refractivity contribution in [3.63, 3.8) is 0 Å². The Kier molecular flexibility index (Phi) is 10.0. The van der Waals surface area contributed by atoms with Crippen molar-refractivity contribution in [2.75, 3.05) is 12.0 Å². The number of amides is 2. The minimum atomic E-state index is -3.74. The van der Waals surface area contributed by atoms with Crippen LogP contribution < -0.4 is 26.5 Å². The second-order valence-corrected chi connectivity index (χ2v) is 16.7. The Labute approximate surface area is 278 Å². The predicted molar refractivity (Wildman–Crippen MR) is 183 cm³/mol. The molecule has 0 radical (unpaired) electrons. The highest BCUT2D eigenvalue weighted by Crippen LogP contribution is 2.41. The van der Waals surface area contributed by atoms with Gasteiger partial charge in [0.1, 0.15) is 5.69 Å². The van der Waals surface area contributed by atoms with E-state index in [9.17, 15) is 13.6 Å². The maximum absolute atomic E-state index is 16.5. The minimum absolute atomic E-state index is 0.165. The molecule has 2 heterocycles. The summed E-state index contributed by atoms with van der Waals surface area (Å²) in [6, 6.07) is 24.5. The zero-order chi connectivity index (χ0) is 34.5. The van der Waals surface area contributed by atoms with Gasteiger partial charge in [0, 0.05) is 24.4 Å². The molecule has 5 rings (SSSR count). The molecule has 3 N–H and O–H groups in total. The first-order valence-electron chi connectivity index (χ1n) is 15.3. The summed E-state index contributed by atoms with van der Waals surface area (Å²) < 4.78 is 53.6. The predicted octanol–water partition coefficient (Wildman–Crippen LogP) is 5.99. The van der Waals surface area contributed by atoms with Gasteiger partial charge < -0.3 is 9.74 Å². The second-order valence-electron chi connectivity index (χ2n) is 12.5. The Bertz CT molecular complexity index is 1800. The van der Waals surface area contributed by atoms with E-state index < -0.39 is 38.2 Å². The van der Waals surface area contributed by atoms with Crippen LogP contribution in [0.4, 0.5) is 23.8 Å². The lowest BCUT2D eigenvalue weighted by Crippen LogP contribution is -2.71. The van der Waals surface area contributed by atoms with Crippen LogP contribution in [-0.4, -0.2) is 52.9 Å². The van der Waals surface area contributed by atoms with Crippen LogP contribution >= 0.6 is 0 Å². The average molecular weight is 674 g/mol. The van der Waals surface area contributed by atoms with Gasteiger partial charge in [-0.3, -0.25) is 15.5 Å². The fourth-order valence-electron chi connectivity index (χ4n) is 5.51. The van der Waals surface area contributed by atoms with E-state index in [1.54, 1.807) is 84.8 Å². The molecule has 3 aromatic carbocycles. The van der Waals surface area contributed by atoms with E-state index in [-0.39, 0.29) is 5.82 Å². The molecule has 48 heavy (non-hydrogen) atoms. The van der Waals surface area contributed by atoms with E-state index in [0.717, 1.165) is 11.1 Å². The lowest BCUT2D eigenvalue weighted by Gasteiger charge is -2.46. The number of rotatable bonds is 11. The van der Waals surface area contributed by atoms with Gasteiger partial charge in [-0.05, 0) is 22.3 Å². The molecule has 0 aliphatic rings. The van der Waals surface area contributed by atoms with Gasteiger partial charge in [0.2, 0.25) is 0 Å². The van der Waals surface area contributed by atoms with Crippen LogP contribution in [0.15, 0.2) is 104 Å². The Morgan fingerprint density at radius 2 is 1.52 bits per heavy atom. The number of urea groups is 1. The largest absolute Gasteiger partial charge is 0.371 e. The number of carbonyl (C=O) groups is 1. The van der Waals surface area contributed by atoms with Crippen LogP contribution in [0.25, 0.3) is 22.5 Å². The molecular weight excluding hydrogens is 636 g/mol. The fraction of sp³-hybridized carbons (Fsp3) is 0.257. The quantitative estimate of drug-likeness (QED) is 0.118. The van der Waals surface area contributed by atoms with Gasteiger partial charge in [0.05, 0.1) is 24.6 Å². The number of anilines is 1. The summed E-state index contributed by atoms with van der Waals surface area (Å²) in [7, 11) is -1.99. The number of nitrogens with one attached hydrogen (secondary N) is 3. The third-order valence-electron chi connectivity index (χ3n) is 7.95. The molecule has 2 aromatic heterocycles. The topological polar surface area (TPSA) is 106 Å². The SMILES string of the molecule is Cc1ccc(-c2cnc(NNC(=O)NCC(F)(O[Si](c3ccccc3)(c3ccccc3)C(C)(C)C)C(F)F)c(-c3cnn(C)c3)n2)cc1. The van der Waals surface area contributed by atoms with Crippen LogP contribution in [0.3, 0.4) is 0 Å². The molecule has 9 nitrogen and oxygen atoms in total. The van der Waals surface area contributed by atoms with Crippen LogP contribution in [-0.2, 0) is 11.5 Å². The summed E-state index contributed by atoms with van der Waals surface area (Å²) in [5.41, 5.74) is 8.55. The van der Waals surface area contributed by atoms with Crippen molar-refractivity contribution in [3.05, 3.63) is 109 Å². The van der Waals surface area contributed by atoms with Crippen molar-refractivity contribution in [2.45, 2.75) is 45.0 Å². The summed E-state index contributed by atoms with van der Waals surface area (Å²) >= 11 is 0. The van der Waals surface area contributed by atoms with E-state index in [2.05, 4.69) is 26.3 Å². The number of nitrogens with zero attached hydrogens (tertiary/aromatic N) is 4. The van der Waals surface area contributed by atoms with Crippen molar-refractivity contribution in [1.82, 2.24) is 30.5 Å². The van der Waals surface area contributed by atoms with E-state index in [4.69, 9.17) is 9.41 Å². The summed E-state index contributed by atoms with van der Waals surface area (Å²) in [6.07, 6.45) is 1.28. The molecule has 0 saturated carbocycles. The number of hydrogen-bond donors (Lipinski definition) is 3. The molecule has 0 aliphatic carbocycles. The highest BCUT2D eigenvalue weighted by Gasteiger charge is 2.58. The first kappa shape index (κ1) is 34.3. The monoisotopic (exact) mass is 673 g/mol. The van der Waals surface area contributed by atoms with Crippen molar-refractivity contribution < 1.29 is 22.4 Å². The maximum atomic E-state index is 16.5. The fourth-order valence-corrected chi connectivity index (χ4v) is 10.1. The molecule has 1 atom stereocenters. The first-order chi connectivity index (χ1) is 22.8. The molecule has 0 bridgehead atoms. The molecule has 0 saturated heterocycles. The van der Waals surface area contributed by atoms with Gasteiger partial charge in [-0.1, -0.05) is 111 Å². The Morgan fingerprint density at radius 3 is 2.04 bits per heavy atom. The zero-order valence-corrected chi connectivity index (χ0v) is 28.3. The Hall–Kier alpha value is -5.01. The molecule has 0 aliphatic heterocycles. The molecular formula is C35H38F3N7O2Si. The van der Waals surface area contributed by atoms with Crippen molar-refractivity contribution in [3.8, 4) is 22.5 Å². The van der Waals surface area contributed by atoms with Crippen LogP contribution in [0.1, 0.15) is 26.3 Å². The van der Waals surface area contributed by atoms with Crippen LogP contribution in [0.2, 0.25) is 5.04 Å². The molecule has 0 spiro atoms. The number of hydrogen-bond acceptors (Lipinski definition) is 6. The number of carbonyl (C=O) groups excluding carboxylic acids is 1. The Balaban J connectivity index is 1.38. The number of aryl methyl sites for hydroxylation is 2. The van der Waals surface area contributed by atoms with Crippen molar-refractivity contribution in [2.24, 2.45) is 7.05 Å². The molecule has 250 valence electrons. The summed E-state index contributed by atoms with van der Waals surface area (Å²) in [4.78, 5) is 22.1. The van der Waals surface area contributed by atoms with E-state index in [0.29, 0.717) is 27.3 Å². The lowest BCUT2D eigenvalue weighted by molar-refractivity contribution is -0.167. The third kappa shape index (κ3) is 7.26. The first-order valence-corrected chi connectivity index (χ1v) is 17.2. The molecule has 0 fully saturated rings. The van der Waals surface area contributed by atoms with Crippen molar-refractivity contribution >= 4 is 30.5 Å². The normalized spacial score (nSPS) is 13.2. The summed E-state index contributed by atoms with van der Waals surface area (Å²) in [5, 5.41) is 6.88. The smallest absolute Gasteiger partial charge is 0.333 e. The number of aromatic nitrogens is 4. The van der Waals surface area contributed by atoms with E-state index >= 15 is 4.39 Å².